The van der Waals surface area contributed by atoms with Crippen LogP contribution in [0.25, 0.3) is 0 Å². The number of aromatic nitrogens is 1. The highest BCUT2D eigenvalue weighted by molar-refractivity contribution is 8.01. The monoisotopic (exact) mass is 390 g/mol. The van der Waals surface area contributed by atoms with Gasteiger partial charge in [-0.3, -0.25) is 4.79 Å². The highest BCUT2D eigenvalue weighted by Crippen LogP contribution is 2.31. The standard InChI is InChI=1S/C17H14N2O3S3/c1-25(21,22)14-7-4-12(5-8-14)17(20)19-15-9-6-13(11-18-15)24-16-3-2-10-23-16/h2-11H,1H3,(H,18,19,20). The van der Waals surface area contributed by atoms with Crippen LogP contribution in [-0.2, 0) is 9.84 Å². The molecule has 3 rings (SSSR count). The maximum atomic E-state index is 12.2. The molecule has 0 saturated heterocycles. The molecular weight excluding hydrogens is 376 g/mol. The summed E-state index contributed by atoms with van der Waals surface area (Å²) in [6.45, 7) is 0. The molecule has 0 aliphatic heterocycles. The fraction of sp³-hybridized carbons (Fsp3) is 0.0588. The summed E-state index contributed by atoms with van der Waals surface area (Å²) in [6, 6.07) is 13.4. The lowest BCUT2D eigenvalue weighted by Gasteiger charge is -2.06. The van der Waals surface area contributed by atoms with Gasteiger partial charge in [-0.1, -0.05) is 17.8 Å². The van der Waals surface area contributed by atoms with E-state index in [0.29, 0.717) is 11.4 Å². The van der Waals surface area contributed by atoms with Crippen molar-refractivity contribution in [3.05, 3.63) is 65.7 Å². The molecule has 1 aromatic carbocycles. The van der Waals surface area contributed by atoms with Crippen molar-refractivity contribution >= 4 is 44.7 Å². The maximum absolute atomic E-state index is 12.2. The summed E-state index contributed by atoms with van der Waals surface area (Å²) in [4.78, 5) is 17.6. The molecule has 5 nitrogen and oxygen atoms in total. The Kier molecular flexibility index (Phi) is 5.22. The average molecular weight is 391 g/mol. The molecule has 2 heterocycles. The normalized spacial score (nSPS) is 11.2. The minimum atomic E-state index is -3.28. The lowest BCUT2D eigenvalue weighted by Crippen LogP contribution is -2.13. The smallest absolute Gasteiger partial charge is 0.256 e. The second-order valence-electron chi connectivity index (χ2n) is 5.16. The molecular formula is C17H14N2O3S3. The van der Waals surface area contributed by atoms with E-state index in [4.69, 9.17) is 0 Å². The number of thiophene rings is 1. The van der Waals surface area contributed by atoms with Crippen LogP contribution in [0.5, 0.6) is 0 Å². The number of nitrogens with zero attached hydrogens (tertiary/aromatic N) is 1. The van der Waals surface area contributed by atoms with E-state index in [1.807, 2.05) is 23.6 Å². The van der Waals surface area contributed by atoms with Gasteiger partial charge in [0.15, 0.2) is 9.84 Å². The largest absolute Gasteiger partial charge is 0.307 e. The zero-order chi connectivity index (χ0) is 17.9. The second kappa shape index (κ2) is 7.38. The van der Waals surface area contributed by atoms with Gasteiger partial charge < -0.3 is 5.32 Å². The van der Waals surface area contributed by atoms with Crippen LogP contribution in [0.15, 0.2) is 74.1 Å². The number of nitrogens with one attached hydrogen (secondary N) is 1. The molecule has 8 heteroatoms. The molecule has 0 aliphatic carbocycles. The Bertz CT molecular complexity index is 965. The third kappa shape index (κ3) is 4.68. The van der Waals surface area contributed by atoms with E-state index in [1.54, 1.807) is 35.4 Å². The zero-order valence-corrected chi connectivity index (χ0v) is 15.6. The van der Waals surface area contributed by atoms with E-state index in [9.17, 15) is 13.2 Å². The Balaban J connectivity index is 1.66. The van der Waals surface area contributed by atoms with Crippen molar-refractivity contribution in [2.45, 2.75) is 14.0 Å². The summed E-state index contributed by atoms with van der Waals surface area (Å²) < 4.78 is 24.0. The van der Waals surface area contributed by atoms with Crippen LogP contribution in [0.4, 0.5) is 5.82 Å². The summed E-state index contributed by atoms with van der Waals surface area (Å²) in [5, 5.41) is 4.71. The molecule has 3 aromatic rings. The van der Waals surface area contributed by atoms with E-state index in [-0.39, 0.29) is 10.8 Å². The van der Waals surface area contributed by atoms with Crippen LogP contribution in [0.2, 0.25) is 0 Å². The van der Waals surface area contributed by atoms with E-state index in [0.717, 1.165) is 11.2 Å². The molecule has 0 bridgehead atoms. The SMILES string of the molecule is CS(=O)(=O)c1ccc(C(=O)Nc2ccc(Sc3cccs3)cn2)cc1. The van der Waals surface area contributed by atoms with Gasteiger partial charge in [0.2, 0.25) is 0 Å². The number of hydrogen-bond acceptors (Lipinski definition) is 6. The number of carbonyl (C=O) groups excluding carboxylic acids is 1. The van der Waals surface area contributed by atoms with Gasteiger partial charge in [-0.15, -0.1) is 11.3 Å². The van der Waals surface area contributed by atoms with Crippen molar-refractivity contribution in [2.24, 2.45) is 0 Å². The van der Waals surface area contributed by atoms with E-state index < -0.39 is 9.84 Å². The number of carbonyl (C=O) groups is 1. The molecule has 1 amide bonds. The lowest BCUT2D eigenvalue weighted by atomic mass is 10.2. The molecule has 25 heavy (non-hydrogen) atoms. The highest BCUT2D eigenvalue weighted by Gasteiger charge is 2.10. The number of amides is 1. The van der Waals surface area contributed by atoms with Crippen molar-refractivity contribution in [3.63, 3.8) is 0 Å². The highest BCUT2D eigenvalue weighted by atomic mass is 32.2. The van der Waals surface area contributed by atoms with Gasteiger partial charge >= 0.3 is 0 Å². The molecule has 2 aromatic heterocycles. The van der Waals surface area contributed by atoms with E-state index in [2.05, 4.69) is 10.3 Å². The minimum absolute atomic E-state index is 0.178. The van der Waals surface area contributed by atoms with Crippen LogP contribution >= 0.6 is 23.1 Å². The van der Waals surface area contributed by atoms with Crippen molar-refractivity contribution in [1.29, 1.82) is 0 Å². The summed E-state index contributed by atoms with van der Waals surface area (Å²) in [5.41, 5.74) is 0.367. The number of benzene rings is 1. The van der Waals surface area contributed by atoms with Crippen molar-refractivity contribution in [2.75, 3.05) is 11.6 Å². The van der Waals surface area contributed by atoms with Gasteiger partial charge in [-0.05, 0) is 47.8 Å². The van der Waals surface area contributed by atoms with E-state index in [1.165, 1.54) is 28.5 Å². The summed E-state index contributed by atoms with van der Waals surface area (Å²) in [6.07, 6.45) is 2.83. The first kappa shape index (κ1) is 17.7. The molecule has 128 valence electrons. The maximum Gasteiger partial charge on any atom is 0.256 e. The van der Waals surface area contributed by atoms with Crippen LogP contribution in [0, 0.1) is 0 Å². The number of rotatable bonds is 5. The molecule has 0 spiro atoms. The predicted octanol–water partition coefficient (Wildman–Crippen LogP) is 3.95. The van der Waals surface area contributed by atoms with Crippen molar-refractivity contribution in [1.82, 2.24) is 4.98 Å². The Labute approximate surface area is 154 Å². The Morgan fingerprint density at radius 3 is 2.44 bits per heavy atom. The first-order valence-electron chi connectivity index (χ1n) is 7.21. The number of pyridine rings is 1. The predicted molar refractivity (Wildman–Crippen MR) is 100 cm³/mol. The van der Waals surface area contributed by atoms with Gasteiger partial charge in [-0.25, -0.2) is 13.4 Å². The minimum Gasteiger partial charge on any atom is -0.307 e. The molecule has 0 radical (unpaired) electrons. The average Bonchev–Trinajstić information content (AvgIpc) is 3.09. The molecule has 0 saturated carbocycles. The third-order valence-corrected chi connectivity index (χ3v) is 6.38. The van der Waals surface area contributed by atoms with Crippen molar-refractivity contribution < 1.29 is 13.2 Å². The summed E-state index contributed by atoms with van der Waals surface area (Å²) in [5.74, 6) is 0.0962. The topological polar surface area (TPSA) is 76.1 Å². The Morgan fingerprint density at radius 1 is 1.12 bits per heavy atom. The van der Waals surface area contributed by atoms with Crippen LogP contribution < -0.4 is 5.32 Å². The van der Waals surface area contributed by atoms with Gasteiger partial charge in [0, 0.05) is 22.9 Å². The quantitative estimate of drug-likeness (QED) is 0.714. The molecule has 0 unspecified atom stereocenters. The Morgan fingerprint density at radius 2 is 1.88 bits per heavy atom. The fourth-order valence-electron chi connectivity index (χ4n) is 1.99. The number of anilines is 1. The number of sulfone groups is 1. The molecule has 0 aliphatic rings. The van der Waals surface area contributed by atoms with Gasteiger partial charge in [0.1, 0.15) is 5.82 Å². The zero-order valence-electron chi connectivity index (χ0n) is 13.2. The Hall–Kier alpha value is -2.16. The third-order valence-electron chi connectivity index (χ3n) is 3.24. The molecule has 0 fully saturated rings. The molecule has 0 atom stereocenters. The summed E-state index contributed by atoms with van der Waals surface area (Å²) in [7, 11) is -3.28. The van der Waals surface area contributed by atoms with Gasteiger partial charge in [-0.2, -0.15) is 0 Å². The van der Waals surface area contributed by atoms with Crippen LogP contribution in [0.3, 0.4) is 0 Å². The van der Waals surface area contributed by atoms with Crippen LogP contribution in [-0.4, -0.2) is 25.6 Å². The fourth-order valence-corrected chi connectivity index (χ4v) is 4.34. The molecule has 1 N–H and O–H groups in total. The summed E-state index contributed by atoms with van der Waals surface area (Å²) >= 11 is 3.26. The number of hydrogen-bond donors (Lipinski definition) is 1. The first-order chi connectivity index (χ1) is 11.9. The van der Waals surface area contributed by atoms with Gasteiger partial charge in [0.05, 0.1) is 9.10 Å². The second-order valence-corrected chi connectivity index (χ2v) is 9.50. The van der Waals surface area contributed by atoms with E-state index >= 15 is 0 Å². The lowest BCUT2D eigenvalue weighted by molar-refractivity contribution is 0.102. The van der Waals surface area contributed by atoms with Crippen molar-refractivity contribution in [3.8, 4) is 0 Å². The van der Waals surface area contributed by atoms with Gasteiger partial charge in [0.25, 0.3) is 5.91 Å². The van der Waals surface area contributed by atoms with Crippen LogP contribution in [0.1, 0.15) is 10.4 Å². The first-order valence-corrected chi connectivity index (χ1v) is 10.8.